The molecule has 1 N–H and O–H groups in total. The zero-order valence-electron chi connectivity index (χ0n) is 15.2. The Morgan fingerprint density at radius 3 is 2.48 bits per heavy atom. The molecule has 2 aromatic rings. The quantitative estimate of drug-likeness (QED) is 0.484. The number of nitrogens with one attached hydrogen (secondary N) is 1. The van der Waals surface area contributed by atoms with Gasteiger partial charge in [-0.25, -0.2) is 4.99 Å². The van der Waals surface area contributed by atoms with Crippen LogP contribution in [0, 0.1) is 10.1 Å². The molecule has 0 aromatic heterocycles. The summed E-state index contributed by atoms with van der Waals surface area (Å²) in [6, 6.07) is 13.9. The Balaban J connectivity index is 1.85. The van der Waals surface area contributed by atoms with Crippen LogP contribution < -0.4 is 10.2 Å². The molecule has 0 radical (unpaired) electrons. The molecule has 1 aliphatic heterocycles. The van der Waals surface area contributed by atoms with Gasteiger partial charge >= 0.3 is 0 Å². The van der Waals surface area contributed by atoms with Gasteiger partial charge in [0.15, 0.2) is 0 Å². The number of carbonyl (C=O) groups excluding carboxylic acids is 1. The minimum Gasteiger partial charge on any atom is -0.372 e. The number of benzene rings is 2. The Hall–Kier alpha value is -3.48. The van der Waals surface area contributed by atoms with Crippen molar-refractivity contribution >= 4 is 29.2 Å². The fourth-order valence-electron chi connectivity index (χ4n) is 2.90. The first-order chi connectivity index (χ1) is 13.0. The number of aliphatic imine (C=N–C) groups is 1. The number of hydrogen-bond acceptors (Lipinski definition) is 5. The Morgan fingerprint density at radius 2 is 1.85 bits per heavy atom. The molecule has 3 rings (SSSR count). The van der Waals surface area contributed by atoms with Crippen LogP contribution in [-0.4, -0.2) is 29.8 Å². The summed E-state index contributed by atoms with van der Waals surface area (Å²) >= 11 is 0. The number of nitro groups is 1. The summed E-state index contributed by atoms with van der Waals surface area (Å²) in [6.45, 7) is 6.06. The summed E-state index contributed by atoms with van der Waals surface area (Å²) in [5.41, 5.74) is 2.71. The summed E-state index contributed by atoms with van der Waals surface area (Å²) in [7, 11) is 0. The molecule has 138 valence electrons. The molecule has 0 saturated carbocycles. The van der Waals surface area contributed by atoms with Crippen LogP contribution in [0.15, 0.2) is 59.2 Å². The van der Waals surface area contributed by atoms with Crippen molar-refractivity contribution < 1.29 is 9.72 Å². The lowest BCUT2D eigenvalue weighted by molar-refractivity contribution is -0.384. The lowest BCUT2D eigenvalue weighted by atomic mass is 10.1. The first kappa shape index (κ1) is 18.3. The first-order valence-electron chi connectivity index (χ1n) is 8.73. The van der Waals surface area contributed by atoms with Crippen molar-refractivity contribution in [3.8, 4) is 0 Å². The Labute approximate surface area is 157 Å². The molecule has 7 heteroatoms. The van der Waals surface area contributed by atoms with Crippen LogP contribution in [-0.2, 0) is 4.79 Å². The van der Waals surface area contributed by atoms with Crippen LogP contribution in [0.5, 0.6) is 0 Å². The highest BCUT2D eigenvalue weighted by Gasteiger charge is 2.22. The molecule has 0 saturated heterocycles. The maximum Gasteiger partial charge on any atom is 0.275 e. The Kier molecular flexibility index (Phi) is 5.30. The third kappa shape index (κ3) is 4.03. The van der Waals surface area contributed by atoms with E-state index in [-0.39, 0.29) is 17.3 Å². The van der Waals surface area contributed by atoms with Gasteiger partial charge < -0.3 is 10.2 Å². The van der Waals surface area contributed by atoms with Crippen molar-refractivity contribution in [2.24, 2.45) is 4.99 Å². The number of nitrogens with zero attached hydrogens (tertiary/aromatic N) is 3. The molecule has 2 aromatic carbocycles. The van der Waals surface area contributed by atoms with Crippen LogP contribution >= 0.6 is 0 Å². The molecular formula is C20H20N4O3. The summed E-state index contributed by atoms with van der Waals surface area (Å²) in [5.74, 6) is -0.0148. The molecule has 1 amide bonds. The van der Waals surface area contributed by atoms with E-state index in [2.05, 4.69) is 29.1 Å². The van der Waals surface area contributed by atoms with Crippen LogP contribution in [0.1, 0.15) is 25.0 Å². The standard InChI is InChI=1S/C20H20N4O3/c1-3-23(4-2)16-10-8-14(9-11-16)12-18-20(25)22-19(21-18)15-6-5-7-17(13-15)24(26)27/h5-13H,3-4H2,1-2H3,(H,21,22,25). The number of rotatable bonds is 6. The maximum atomic E-state index is 12.2. The number of hydrogen-bond donors (Lipinski definition) is 1. The van der Waals surface area contributed by atoms with E-state index in [1.807, 2.05) is 24.3 Å². The molecule has 0 bridgehead atoms. The average molecular weight is 364 g/mol. The van der Waals surface area contributed by atoms with Crippen molar-refractivity contribution in [1.29, 1.82) is 0 Å². The van der Waals surface area contributed by atoms with Gasteiger partial charge in [-0.1, -0.05) is 24.3 Å². The number of carbonyl (C=O) groups is 1. The lowest BCUT2D eigenvalue weighted by Crippen LogP contribution is -2.24. The van der Waals surface area contributed by atoms with Crippen LogP contribution in [0.3, 0.4) is 0 Å². The Morgan fingerprint density at radius 1 is 1.15 bits per heavy atom. The molecule has 27 heavy (non-hydrogen) atoms. The fraction of sp³-hybridized carbons (Fsp3) is 0.200. The molecule has 0 unspecified atom stereocenters. The van der Waals surface area contributed by atoms with Gasteiger partial charge in [-0.05, 0) is 37.6 Å². The molecule has 7 nitrogen and oxygen atoms in total. The van der Waals surface area contributed by atoms with E-state index in [1.54, 1.807) is 18.2 Å². The van der Waals surface area contributed by atoms with E-state index in [9.17, 15) is 14.9 Å². The van der Waals surface area contributed by atoms with Crippen LogP contribution in [0.2, 0.25) is 0 Å². The summed E-state index contributed by atoms with van der Waals surface area (Å²) < 4.78 is 0. The van der Waals surface area contributed by atoms with E-state index < -0.39 is 4.92 Å². The van der Waals surface area contributed by atoms with Gasteiger partial charge in [-0.3, -0.25) is 14.9 Å². The van der Waals surface area contributed by atoms with Gasteiger partial charge in [0.1, 0.15) is 11.5 Å². The second-order valence-electron chi connectivity index (χ2n) is 6.02. The number of non-ortho nitro benzene ring substituents is 1. The normalized spacial score (nSPS) is 14.8. The van der Waals surface area contributed by atoms with E-state index >= 15 is 0 Å². The van der Waals surface area contributed by atoms with E-state index in [4.69, 9.17) is 0 Å². The van der Waals surface area contributed by atoms with Gasteiger partial charge in [0.05, 0.1) is 4.92 Å². The highest BCUT2D eigenvalue weighted by atomic mass is 16.6. The van der Waals surface area contributed by atoms with Crippen LogP contribution in [0.25, 0.3) is 6.08 Å². The van der Waals surface area contributed by atoms with E-state index in [0.29, 0.717) is 11.4 Å². The predicted octanol–water partition coefficient (Wildman–Crippen LogP) is 3.36. The van der Waals surface area contributed by atoms with Gasteiger partial charge in [-0.15, -0.1) is 0 Å². The molecule has 0 aliphatic carbocycles. The second kappa shape index (κ2) is 7.82. The number of amides is 1. The van der Waals surface area contributed by atoms with Crippen molar-refractivity contribution in [2.45, 2.75) is 13.8 Å². The summed E-state index contributed by atoms with van der Waals surface area (Å²) in [5, 5.41) is 13.6. The SMILES string of the molecule is CCN(CC)c1ccc(C=C2N=C(c3cccc([N+](=O)[O-])c3)NC2=O)cc1. The first-order valence-corrected chi connectivity index (χ1v) is 8.73. The van der Waals surface area contributed by atoms with Gasteiger partial charge in [0.25, 0.3) is 11.6 Å². The van der Waals surface area contributed by atoms with Crippen LogP contribution in [0.4, 0.5) is 11.4 Å². The number of amidine groups is 1. The largest absolute Gasteiger partial charge is 0.372 e. The molecule has 0 fully saturated rings. The summed E-state index contributed by atoms with van der Waals surface area (Å²) in [4.78, 5) is 29.2. The zero-order chi connectivity index (χ0) is 19.4. The van der Waals surface area contributed by atoms with Gasteiger partial charge in [0, 0.05) is 36.5 Å². The van der Waals surface area contributed by atoms with E-state index in [1.165, 1.54) is 12.1 Å². The molecule has 0 spiro atoms. The monoisotopic (exact) mass is 364 g/mol. The topological polar surface area (TPSA) is 87.8 Å². The van der Waals surface area contributed by atoms with Gasteiger partial charge in [0.2, 0.25) is 0 Å². The molecule has 1 aliphatic rings. The number of anilines is 1. The smallest absolute Gasteiger partial charge is 0.275 e. The van der Waals surface area contributed by atoms with Crippen molar-refractivity contribution in [1.82, 2.24) is 5.32 Å². The number of nitro benzene ring substituents is 1. The third-order valence-corrected chi connectivity index (χ3v) is 4.35. The van der Waals surface area contributed by atoms with E-state index in [0.717, 1.165) is 24.3 Å². The van der Waals surface area contributed by atoms with Crippen molar-refractivity contribution in [3.63, 3.8) is 0 Å². The minimum atomic E-state index is -0.477. The average Bonchev–Trinajstić information content (AvgIpc) is 3.04. The third-order valence-electron chi connectivity index (χ3n) is 4.35. The molecular weight excluding hydrogens is 344 g/mol. The highest BCUT2D eigenvalue weighted by molar-refractivity contribution is 6.19. The highest BCUT2D eigenvalue weighted by Crippen LogP contribution is 2.20. The predicted molar refractivity (Wildman–Crippen MR) is 106 cm³/mol. The Bertz CT molecular complexity index is 928. The second-order valence-corrected chi connectivity index (χ2v) is 6.02. The maximum absolute atomic E-state index is 12.2. The zero-order valence-corrected chi connectivity index (χ0v) is 15.2. The van der Waals surface area contributed by atoms with Gasteiger partial charge in [-0.2, -0.15) is 0 Å². The molecule has 1 heterocycles. The lowest BCUT2D eigenvalue weighted by Gasteiger charge is -2.20. The van der Waals surface area contributed by atoms with Crippen molar-refractivity contribution in [3.05, 3.63) is 75.5 Å². The molecule has 0 atom stereocenters. The fourth-order valence-corrected chi connectivity index (χ4v) is 2.90. The minimum absolute atomic E-state index is 0.0473. The summed E-state index contributed by atoms with van der Waals surface area (Å²) in [6.07, 6.45) is 1.70. The van der Waals surface area contributed by atoms with Crippen molar-refractivity contribution in [2.75, 3.05) is 18.0 Å².